The molecule has 2 N–H and O–H groups in total. The van der Waals surface area contributed by atoms with Gasteiger partial charge in [-0.05, 0) is 45.8 Å². The SMILES string of the molecule is NC(Cc1ccccn1)c1ccc(F)c(Br)c1. The Hall–Kier alpha value is -1.26. The minimum Gasteiger partial charge on any atom is -0.324 e. The van der Waals surface area contributed by atoms with Gasteiger partial charge in [0, 0.05) is 24.4 Å². The normalized spacial score (nSPS) is 12.4. The molecular formula is C13H12BrFN2. The molecule has 1 atom stereocenters. The summed E-state index contributed by atoms with van der Waals surface area (Å²) >= 11 is 3.15. The van der Waals surface area contributed by atoms with Crippen molar-refractivity contribution < 1.29 is 4.39 Å². The zero-order chi connectivity index (χ0) is 12.3. The topological polar surface area (TPSA) is 38.9 Å². The van der Waals surface area contributed by atoms with Crippen LogP contribution in [0.5, 0.6) is 0 Å². The first kappa shape index (κ1) is 12.2. The van der Waals surface area contributed by atoms with E-state index >= 15 is 0 Å². The monoisotopic (exact) mass is 294 g/mol. The van der Waals surface area contributed by atoms with Crippen LogP contribution >= 0.6 is 15.9 Å². The van der Waals surface area contributed by atoms with Crippen LogP contribution in [-0.2, 0) is 6.42 Å². The molecule has 17 heavy (non-hydrogen) atoms. The minimum absolute atomic E-state index is 0.179. The zero-order valence-electron chi connectivity index (χ0n) is 9.11. The Morgan fingerprint density at radius 2 is 2.12 bits per heavy atom. The zero-order valence-corrected chi connectivity index (χ0v) is 10.7. The van der Waals surface area contributed by atoms with Crippen LogP contribution in [0.2, 0.25) is 0 Å². The van der Waals surface area contributed by atoms with Gasteiger partial charge in [-0.25, -0.2) is 4.39 Å². The van der Waals surface area contributed by atoms with Crippen LogP contribution in [-0.4, -0.2) is 4.98 Å². The minimum atomic E-state index is -0.279. The van der Waals surface area contributed by atoms with E-state index in [9.17, 15) is 4.39 Å². The molecule has 0 amide bonds. The van der Waals surface area contributed by atoms with Crippen molar-refractivity contribution in [3.63, 3.8) is 0 Å². The highest BCUT2D eigenvalue weighted by Crippen LogP contribution is 2.21. The lowest BCUT2D eigenvalue weighted by Gasteiger charge is -2.12. The number of hydrogen-bond donors (Lipinski definition) is 1. The van der Waals surface area contributed by atoms with Gasteiger partial charge in [-0.15, -0.1) is 0 Å². The molecule has 0 aliphatic rings. The lowest BCUT2D eigenvalue weighted by Crippen LogP contribution is -2.14. The highest BCUT2D eigenvalue weighted by molar-refractivity contribution is 9.10. The van der Waals surface area contributed by atoms with E-state index in [1.165, 1.54) is 6.07 Å². The Labute approximate surface area is 108 Å². The van der Waals surface area contributed by atoms with Crippen LogP contribution in [0.4, 0.5) is 4.39 Å². The molecule has 0 radical (unpaired) electrons. The molecule has 1 aromatic heterocycles. The summed E-state index contributed by atoms with van der Waals surface area (Å²) < 4.78 is 13.5. The second-order valence-corrected chi connectivity index (χ2v) is 4.66. The molecule has 2 rings (SSSR count). The summed E-state index contributed by atoms with van der Waals surface area (Å²) in [6.07, 6.45) is 2.38. The predicted octanol–water partition coefficient (Wildman–Crippen LogP) is 3.23. The first-order chi connectivity index (χ1) is 8.16. The van der Waals surface area contributed by atoms with E-state index in [0.717, 1.165) is 11.3 Å². The summed E-state index contributed by atoms with van der Waals surface area (Å²) in [4.78, 5) is 4.22. The maximum absolute atomic E-state index is 13.1. The Morgan fingerprint density at radius 1 is 1.29 bits per heavy atom. The number of nitrogens with two attached hydrogens (primary N) is 1. The third kappa shape index (κ3) is 3.11. The first-order valence-corrected chi connectivity index (χ1v) is 6.06. The highest BCUT2D eigenvalue weighted by Gasteiger charge is 2.09. The fourth-order valence-electron chi connectivity index (χ4n) is 1.61. The molecule has 0 bridgehead atoms. The average Bonchev–Trinajstić information content (AvgIpc) is 2.34. The summed E-state index contributed by atoms with van der Waals surface area (Å²) in [5.74, 6) is -0.279. The molecule has 0 saturated heterocycles. The second-order valence-electron chi connectivity index (χ2n) is 3.81. The van der Waals surface area contributed by atoms with Crippen molar-refractivity contribution in [2.75, 3.05) is 0 Å². The molecule has 88 valence electrons. The van der Waals surface area contributed by atoms with Gasteiger partial charge in [0.1, 0.15) is 5.82 Å². The third-order valence-electron chi connectivity index (χ3n) is 2.53. The van der Waals surface area contributed by atoms with Gasteiger partial charge in [-0.3, -0.25) is 4.98 Å². The standard InChI is InChI=1S/C13H12BrFN2/c14-11-7-9(4-5-12(11)15)13(16)8-10-3-1-2-6-17-10/h1-7,13H,8,16H2. The average molecular weight is 295 g/mol. The van der Waals surface area contributed by atoms with Crippen molar-refractivity contribution in [1.82, 2.24) is 4.98 Å². The van der Waals surface area contributed by atoms with Gasteiger partial charge in [-0.2, -0.15) is 0 Å². The van der Waals surface area contributed by atoms with E-state index in [4.69, 9.17) is 5.73 Å². The molecule has 0 aliphatic carbocycles. The van der Waals surface area contributed by atoms with Crippen LogP contribution in [0.15, 0.2) is 47.1 Å². The van der Waals surface area contributed by atoms with Gasteiger partial charge in [0.2, 0.25) is 0 Å². The molecule has 1 heterocycles. The number of pyridine rings is 1. The van der Waals surface area contributed by atoms with E-state index < -0.39 is 0 Å². The number of nitrogens with zero attached hydrogens (tertiary/aromatic N) is 1. The number of hydrogen-bond acceptors (Lipinski definition) is 2. The highest BCUT2D eigenvalue weighted by atomic mass is 79.9. The maximum atomic E-state index is 13.1. The first-order valence-electron chi connectivity index (χ1n) is 5.27. The lowest BCUT2D eigenvalue weighted by molar-refractivity contribution is 0.617. The second kappa shape index (κ2) is 5.38. The molecule has 1 unspecified atom stereocenters. The third-order valence-corrected chi connectivity index (χ3v) is 3.13. The lowest BCUT2D eigenvalue weighted by atomic mass is 10.0. The Bertz CT molecular complexity index is 502. The number of rotatable bonds is 3. The Kier molecular flexibility index (Phi) is 3.86. The van der Waals surface area contributed by atoms with Crippen molar-refractivity contribution in [3.05, 3.63) is 64.1 Å². The van der Waals surface area contributed by atoms with E-state index in [-0.39, 0.29) is 11.9 Å². The number of benzene rings is 1. The molecule has 4 heteroatoms. The van der Waals surface area contributed by atoms with Crippen LogP contribution < -0.4 is 5.73 Å². The van der Waals surface area contributed by atoms with E-state index in [2.05, 4.69) is 20.9 Å². The van der Waals surface area contributed by atoms with Crippen molar-refractivity contribution in [3.8, 4) is 0 Å². The molecule has 0 saturated carbocycles. The molecule has 1 aromatic carbocycles. The molecule has 0 spiro atoms. The van der Waals surface area contributed by atoms with Gasteiger partial charge in [0.15, 0.2) is 0 Å². The van der Waals surface area contributed by atoms with E-state index in [1.807, 2.05) is 18.2 Å². The van der Waals surface area contributed by atoms with Crippen LogP contribution in [0.25, 0.3) is 0 Å². The van der Waals surface area contributed by atoms with Gasteiger partial charge < -0.3 is 5.73 Å². The smallest absolute Gasteiger partial charge is 0.137 e. The molecular weight excluding hydrogens is 283 g/mol. The summed E-state index contributed by atoms with van der Waals surface area (Å²) in [7, 11) is 0. The van der Waals surface area contributed by atoms with Crippen molar-refractivity contribution in [1.29, 1.82) is 0 Å². The molecule has 2 nitrogen and oxygen atoms in total. The fourth-order valence-corrected chi connectivity index (χ4v) is 2.00. The molecule has 0 aliphatic heterocycles. The van der Waals surface area contributed by atoms with Crippen molar-refractivity contribution in [2.24, 2.45) is 5.73 Å². The van der Waals surface area contributed by atoms with Gasteiger partial charge in [0.05, 0.1) is 4.47 Å². The van der Waals surface area contributed by atoms with E-state index in [0.29, 0.717) is 10.9 Å². The van der Waals surface area contributed by atoms with Crippen LogP contribution in [0.1, 0.15) is 17.3 Å². The number of aromatic nitrogens is 1. The summed E-state index contributed by atoms with van der Waals surface area (Å²) in [5.41, 5.74) is 7.89. The fraction of sp³-hybridized carbons (Fsp3) is 0.154. The van der Waals surface area contributed by atoms with Crippen LogP contribution in [0.3, 0.4) is 0 Å². The summed E-state index contributed by atoms with van der Waals surface area (Å²) in [5, 5.41) is 0. The quantitative estimate of drug-likeness (QED) is 0.944. The van der Waals surface area contributed by atoms with Gasteiger partial charge in [0.25, 0.3) is 0 Å². The molecule has 2 aromatic rings. The summed E-state index contributed by atoms with van der Waals surface area (Å²) in [6.45, 7) is 0. The number of halogens is 2. The Balaban J connectivity index is 2.14. The molecule has 0 fully saturated rings. The van der Waals surface area contributed by atoms with Crippen molar-refractivity contribution >= 4 is 15.9 Å². The van der Waals surface area contributed by atoms with Crippen molar-refractivity contribution in [2.45, 2.75) is 12.5 Å². The van der Waals surface area contributed by atoms with Gasteiger partial charge >= 0.3 is 0 Å². The van der Waals surface area contributed by atoms with E-state index in [1.54, 1.807) is 18.3 Å². The summed E-state index contributed by atoms with van der Waals surface area (Å²) in [6, 6.07) is 10.4. The van der Waals surface area contributed by atoms with Gasteiger partial charge in [-0.1, -0.05) is 12.1 Å². The largest absolute Gasteiger partial charge is 0.324 e. The predicted molar refractivity (Wildman–Crippen MR) is 69.0 cm³/mol. The van der Waals surface area contributed by atoms with Crippen LogP contribution in [0, 0.1) is 5.82 Å². The maximum Gasteiger partial charge on any atom is 0.137 e. The Morgan fingerprint density at radius 3 is 2.76 bits per heavy atom.